The van der Waals surface area contributed by atoms with E-state index in [4.69, 9.17) is 0 Å². The van der Waals surface area contributed by atoms with E-state index in [1.807, 2.05) is 18.2 Å². The van der Waals surface area contributed by atoms with Gasteiger partial charge in [0.2, 0.25) is 11.8 Å². The smallest absolute Gasteiger partial charge is 0.237 e. The van der Waals surface area contributed by atoms with Crippen molar-refractivity contribution in [1.82, 2.24) is 15.5 Å². The maximum Gasteiger partial charge on any atom is 0.237 e. The second kappa shape index (κ2) is 8.21. The quantitative estimate of drug-likeness (QED) is 0.749. The zero-order valence-corrected chi connectivity index (χ0v) is 16.0. The van der Waals surface area contributed by atoms with Gasteiger partial charge in [0.05, 0.1) is 12.5 Å². The second-order valence-corrected chi connectivity index (χ2v) is 8.21. The van der Waals surface area contributed by atoms with Crippen molar-refractivity contribution >= 4 is 11.8 Å². The Morgan fingerprint density at radius 2 is 2.04 bits per heavy atom. The Kier molecular flexibility index (Phi) is 5.97. The SMILES string of the molecule is CC(C)CC1(NC(=O)C[C@H]2C(=O)NCCN2CCc2ccccc2)CC1. The maximum atomic E-state index is 12.6. The van der Waals surface area contributed by atoms with Crippen molar-refractivity contribution in [3.63, 3.8) is 0 Å². The average Bonchev–Trinajstić information content (AvgIpc) is 3.34. The number of benzene rings is 1. The maximum absolute atomic E-state index is 12.6. The van der Waals surface area contributed by atoms with E-state index in [0.29, 0.717) is 12.5 Å². The van der Waals surface area contributed by atoms with Crippen LogP contribution < -0.4 is 10.6 Å². The summed E-state index contributed by atoms with van der Waals surface area (Å²) in [6.07, 6.45) is 4.29. The highest BCUT2D eigenvalue weighted by Crippen LogP contribution is 2.41. The van der Waals surface area contributed by atoms with Gasteiger partial charge < -0.3 is 10.6 Å². The lowest BCUT2D eigenvalue weighted by molar-refractivity contribution is -0.134. The molecule has 2 amide bonds. The van der Waals surface area contributed by atoms with E-state index >= 15 is 0 Å². The Morgan fingerprint density at radius 3 is 2.69 bits per heavy atom. The third-order valence-electron chi connectivity index (χ3n) is 5.41. The number of nitrogens with zero attached hydrogens (tertiary/aromatic N) is 1. The Bertz CT molecular complexity index is 625. The molecule has 1 aromatic rings. The Morgan fingerprint density at radius 1 is 1.31 bits per heavy atom. The van der Waals surface area contributed by atoms with Crippen LogP contribution in [0.15, 0.2) is 30.3 Å². The molecule has 1 heterocycles. The van der Waals surface area contributed by atoms with Crippen molar-refractivity contribution in [1.29, 1.82) is 0 Å². The third kappa shape index (κ3) is 5.07. The summed E-state index contributed by atoms with van der Waals surface area (Å²) < 4.78 is 0. The summed E-state index contributed by atoms with van der Waals surface area (Å²) in [7, 11) is 0. The number of rotatable bonds is 8. The number of carbonyl (C=O) groups excluding carboxylic acids is 2. The molecule has 5 nitrogen and oxygen atoms in total. The first kappa shape index (κ1) is 18.9. The van der Waals surface area contributed by atoms with Crippen LogP contribution in [0, 0.1) is 5.92 Å². The van der Waals surface area contributed by atoms with E-state index < -0.39 is 0 Å². The molecule has 1 atom stereocenters. The number of nitrogens with one attached hydrogen (secondary N) is 2. The first-order valence-electron chi connectivity index (χ1n) is 9.84. The molecule has 1 saturated carbocycles. The molecule has 2 aliphatic rings. The highest BCUT2D eigenvalue weighted by Gasteiger charge is 2.44. The molecule has 26 heavy (non-hydrogen) atoms. The van der Waals surface area contributed by atoms with E-state index in [1.54, 1.807) is 0 Å². The van der Waals surface area contributed by atoms with Crippen molar-refractivity contribution in [3.8, 4) is 0 Å². The molecule has 1 aliphatic heterocycles. The summed E-state index contributed by atoms with van der Waals surface area (Å²) >= 11 is 0. The lowest BCUT2D eigenvalue weighted by Crippen LogP contribution is -2.57. The van der Waals surface area contributed by atoms with Gasteiger partial charge in [-0.15, -0.1) is 0 Å². The molecule has 0 spiro atoms. The molecule has 3 rings (SSSR count). The number of hydrogen-bond donors (Lipinski definition) is 2. The molecule has 0 unspecified atom stereocenters. The first-order valence-corrected chi connectivity index (χ1v) is 9.84. The molecule has 5 heteroatoms. The van der Waals surface area contributed by atoms with Gasteiger partial charge in [-0.1, -0.05) is 44.2 Å². The van der Waals surface area contributed by atoms with Crippen molar-refractivity contribution in [2.24, 2.45) is 5.92 Å². The van der Waals surface area contributed by atoms with E-state index in [2.05, 4.69) is 41.5 Å². The Balaban J connectivity index is 1.56. The zero-order chi connectivity index (χ0) is 18.6. The minimum absolute atomic E-state index is 0.00867. The molecule has 1 saturated heterocycles. The van der Waals surface area contributed by atoms with Gasteiger partial charge in [0.1, 0.15) is 0 Å². The van der Waals surface area contributed by atoms with Crippen LogP contribution in [0.4, 0.5) is 0 Å². The third-order valence-corrected chi connectivity index (χ3v) is 5.41. The molecule has 1 aliphatic carbocycles. The lowest BCUT2D eigenvalue weighted by atomic mass is 10.0. The number of hydrogen-bond acceptors (Lipinski definition) is 3. The summed E-state index contributed by atoms with van der Waals surface area (Å²) in [4.78, 5) is 27.1. The first-order chi connectivity index (χ1) is 12.5. The van der Waals surface area contributed by atoms with Crippen molar-refractivity contribution in [3.05, 3.63) is 35.9 Å². The molecule has 2 N–H and O–H groups in total. The van der Waals surface area contributed by atoms with Crippen molar-refractivity contribution in [2.45, 2.75) is 57.5 Å². The number of amides is 2. The van der Waals surface area contributed by atoms with E-state index in [9.17, 15) is 9.59 Å². The molecular weight excluding hydrogens is 326 g/mol. The van der Waals surface area contributed by atoms with Crippen LogP contribution in [0.1, 0.15) is 45.1 Å². The van der Waals surface area contributed by atoms with Crippen LogP contribution in [0.3, 0.4) is 0 Å². The zero-order valence-electron chi connectivity index (χ0n) is 16.0. The molecule has 0 radical (unpaired) electrons. The molecule has 142 valence electrons. The highest BCUT2D eigenvalue weighted by atomic mass is 16.2. The molecule has 2 fully saturated rings. The summed E-state index contributed by atoms with van der Waals surface area (Å²) in [5.74, 6) is 0.557. The van der Waals surface area contributed by atoms with Crippen LogP contribution in [0.2, 0.25) is 0 Å². The van der Waals surface area contributed by atoms with Crippen molar-refractivity contribution in [2.75, 3.05) is 19.6 Å². The number of carbonyl (C=O) groups is 2. The van der Waals surface area contributed by atoms with E-state index in [1.165, 1.54) is 5.56 Å². The van der Waals surface area contributed by atoms with Crippen LogP contribution in [0.25, 0.3) is 0 Å². The summed E-state index contributed by atoms with van der Waals surface area (Å²) in [6, 6.07) is 9.93. The van der Waals surface area contributed by atoms with Gasteiger partial charge in [-0.3, -0.25) is 14.5 Å². The van der Waals surface area contributed by atoms with Gasteiger partial charge in [-0.05, 0) is 37.2 Å². The standard InChI is InChI=1S/C21H31N3O2/c1-16(2)15-21(9-10-21)23-19(25)14-18-20(26)22-11-13-24(18)12-8-17-6-4-3-5-7-17/h3-7,16,18H,8-15H2,1-2H3,(H,22,26)(H,23,25)/t18-/m0/s1. The molecule has 1 aromatic carbocycles. The van der Waals surface area contributed by atoms with Gasteiger partial charge in [0, 0.05) is 25.2 Å². The topological polar surface area (TPSA) is 61.4 Å². The Hall–Kier alpha value is -1.88. The van der Waals surface area contributed by atoms with Gasteiger partial charge in [-0.25, -0.2) is 0 Å². The lowest BCUT2D eigenvalue weighted by Gasteiger charge is -2.35. The average molecular weight is 357 g/mol. The van der Waals surface area contributed by atoms with Gasteiger partial charge >= 0.3 is 0 Å². The van der Waals surface area contributed by atoms with Gasteiger partial charge in [0.25, 0.3) is 0 Å². The molecular formula is C21H31N3O2. The predicted octanol–water partition coefficient (Wildman–Crippen LogP) is 2.11. The monoisotopic (exact) mass is 357 g/mol. The predicted molar refractivity (Wildman–Crippen MR) is 103 cm³/mol. The highest BCUT2D eigenvalue weighted by molar-refractivity contribution is 5.89. The summed E-state index contributed by atoms with van der Waals surface area (Å²) in [6.45, 7) is 6.63. The van der Waals surface area contributed by atoms with Crippen LogP contribution in [-0.2, 0) is 16.0 Å². The fourth-order valence-corrected chi connectivity index (χ4v) is 4.00. The van der Waals surface area contributed by atoms with Crippen LogP contribution in [0.5, 0.6) is 0 Å². The molecule has 0 aromatic heterocycles. The number of piperazine rings is 1. The Labute approximate surface area is 156 Å². The van der Waals surface area contributed by atoms with Crippen LogP contribution in [-0.4, -0.2) is 47.9 Å². The fourth-order valence-electron chi connectivity index (χ4n) is 4.00. The molecule has 0 bridgehead atoms. The largest absolute Gasteiger partial charge is 0.353 e. The minimum Gasteiger partial charge on any atom is -0.353 e. The fraction of sp³-hybridized carbons (Fsp3) is 0.619. The van der Waals surface area contributed by atoms with E-state index in [0.717, 1.165) is 38.8 Å². The second-order valence-electron chi connectivity index (χ2n) is 8.21. The van der Waals surface area contributed by atoms with Gasteiger partial charge in [0.15, 0.2) is 0 Å². The normalized spacial score (nSPS) is 22.1. The summed E-state index contributed by atoms with van der Waals surface area (Å²) in [5, 5.41) is 6.13. The minimum atomic E-state index is -0.359. The van der Waals surface area contributed by atoms with Crippen molar-refractivity contribution < 1.29 is 9.59 Å². The van der Waals surface area contributed by atoms with Gasteiger partial charge in [-0.2, -0.15) is 0 Å². The van der Waals surface area contributed by atoms with E-state index in [-0.39, 0.29) is 29.8 Å². The summed E-state index contributed by atoms with van der Waals surface area (Å²) in [5.41, 5.74) is 1.25. The van der Waals surface area contributed by atoms with Crippen LogP contribution >= 0.6 is 0 Å².